The minimum atomic E-state index is -3.70. The SMILES string of the molecule is CCOC1CC(NC(=O)C(F)(F)C2(O)CCC2)C12CCC2. The molecule has 2 unspecified atom stereocenters. The van der Waals surface area contributed by atoms with Crippen LogP contribution in [0.5, 0.6) is 0 Å². The number of carbonyl (C=O) groups is 1. The number of rotatable bonds is 5. The molecule has 1 amide bonds. The number of hydrogen-bond acceptors (Lipinski definition) is 3. The van der Waals surface area contributed by atoms with E-state index < -0.39 is 17.4 Å². The van der Waals surface area contributed by atoms with E-state index in [0.29, 0.717) is 19.4 Å². The summed E-state index contributed by atoms with van der Waals surface area (Å²) in [4.78, 5) is 11.9. The first-order valence-corrected chi connectivity index (χ1v) is 7.88. The second-order valence-electron chi connectivity index (χ2n) is 6.75. The second-order valence-corrected chi connectivity index (χ2v) is 6.75. The lowest BCUT2D eigenvalue weighted by Gasteiger charge is -2.61. The van der Waals surface area contributed by atoms with Crippen molar-refractivity contribution in [1.29, 1.82) is 0 Å². The van der Waals surface area contributed by atoms with E-state index >= 15 is 0 Å². The van der Waals surface area contributed by atoms with Gasteiger partial charge in [0.2, 0.25) is 0 Å². The standard InChI is InChI=1S/C15H23F2NO3/c1-2-21-11-9-10(13(11)5-3-6-13)18-12(19)15(16,17)14(20)7-4-8-14/h10-11,20H,2-9H2,1H3,(H,18,19). The van der Waals surface area contributed by atoms with E-state index in [0.717, 1.165) is 19.3 Å². The lowest BCUT2D eigenvalue weighted by Crippen LogP contribution is -2.70. The van der Waals surface area contributed by atoms with Gasteiger partial charge in [-0.1, -0.05) is 6.42 Å². The summed E-state index contributed by atoms with van der Waals surface area (Å²) in [7, 11) is 0. The van der Waals surface area contributed by atoms with Gasteiger partial charge in [-0.3, -0.25) is 4.79 Å². The molecule has 3 fully saturated rings. The molecule has 1 spiro atoms. The van der Waals surface area contributed by atoms with Crippen molar-refractivity contribution in [2.75, 3.05) is 6.61 Å². The molecular weight excluding hydrogens is 280 g/mol. The molecule has 6 heteroatoms. The molecule has 3 aliphatic rings. The highest BCUT2D eigenvalue weighted by atomic mass is 19.3. The van der Waals surface area contributed by atoms with Gasteiger partial charge >= 0.3 is 5.92 Å². The summed E-state index contributed by atoms with van der Waals surface area (Å²) in [5.74, 6) is -5.02. The number of aliphatic hydroxyl groups is 1. The minimum Gasteiger partial charge on any atom is -0.383 e. The van der Waals surface area contributed by atoms with Gasteiger partial charge in [0.1, 0.15) is 5.60 Å². The van der Waals surface area contributed by atoms with Crippen LogP contribution >= 0.6 is 0 Å². The van der Waals surface area contributed by atoms with Gasteiger partial charge in [-0.25, -0.2) is 0 Å². The van der Waals surface area contributed by atoms with E-state index in [1.165, 1.54) is 0 Å². The molecule has 4 nitrogen and oxygen atoms in total. The summed E-state index contributed by atoms with van der Waals surface area (Å²) in [5.41, 5.74) is -2.29. The van der Waals surface area contributed by atoms with Crippen LogP contribution < -0.4 is 5.32 Å². The fourth-order valence-electron chi connectivity index (χ4n) is 3.93. The van der Waals surface area contributed by atoms with Crippen LogP contribution in [0.1, 0.15) is 51.9 Å². The molecule has 0 aromatic heterocycles. The van der Waals surface area contributed by atoms with Gasteiger partial charge in [0.25, 0.3) is 5.91 Å². The monoisotopic (exact) mass is 303 g/mol. The molecule has 0 saturated heterocycles. The third-order valence-electron chi connectivity index (χ3n) is 5.79. The summed E-state index contributed by atoms with van der Waals surface area (Å²) in [6.07, 6.45) is 4.07. The smallest absolute Gasteiger partial charge is 0.352 e. The lowest BCUT2D eigenvalue weighted by molar-refractivity contribution is -0.222. The second kappa shape index (κ2) is 4.88. The third-order valence-corrected chi connectivity index (χ3v) is 5.79. The van der Waals surface area contributed by atoms with Crippen molar-refractivity contribution in [1.82, 2.24) is 5.32 Å². The van der Waals surface area contributed by atoms with Crippen molar-refractivity contribution in [3.63, 3.8) is 0 Å². The Labute approximate surface area is 123 Å². The predicted molar refractivity (Wildman–Crippen MR) is 72.0 cm³/mol. The Morgan fingerprint density at radius 3 is 2.38 bits per heavy atom. The molecule has 2 N–H and O–H groups in total. The topological polar surface area (TPSA) is 58.6 Å². The average Bonchev–Trinajstić information content (AvgIpc) is 2.31. The van der Waals surface area contributed by atoms with Gasteiger partial charge in [-0.05, 0) is 45.4 Å². The number of alkyl halides is 2. The molecule has 21 heavy (non-hydrogen) atoms. The zero-order chi connectivity index (χ0) is 15.3. The molecule has 0 aromatic rings. The van der Waals surface area contributed by atoms with Crippen LogP contribution in [-0.4, -0.2) is 41.3 Å². The Kier molecular flexibility index (Phi) is 3.52. The van der Waals surface area contributed by atoms with Crippen molar-refractivity contribution >= 4 is 5.91 Å². The fraction of sp³-hybridized carbons (Fsp3) is 0.933. The number of amides is 1. The summed E-state index contributed by atoms with van der Waals surface area (Å²) in [5, 5.41) is 12.3. The summed E-state index contributed by atoms with van der Waals surface area (Å²) in [6, 6.07) is -0.246. The maximum atomic E-state index is 14.1. The van der Waals surface area contributed by atoms with Gasteiger partial charge < -0.3 is 15.2 Å². The first-order valence-electron chi connectivity index (χ1n) is 7.88. The van der Waals surface area contributed by atoms with Crippen LogP contribution in [0.4, 0.5) is 8.78 Å². The predicted octanol–water partition coefficient (Wildman–Crippen LogP) is 2.00. The number of ether oxygens (including phenoxy) is 1. The zero-order valence-electron chi connectivity index (χ0n) is 12.3. The number of hydrogen-bond donors (Lipinski definition) is 2. The van der Waals surface area contributed by atoms with Crippen molar-refractivity contribution in [3.05, 3.63) is 0 Å². The van der Waals surface area contributed by atoms with E-state index in [4.69, 9.17) is 4.74 Å². The maximum absolute atomic E-state index is 14.1. The molecule has 3 aliphatic carbocycles. The molecular formula is C15H23F2NO3. The third kappa shape index (κ3) is 2.02. The molecule has 3 rings (SSSR count). The van der Waals surface area contributed by atoms with E-state index in [1.54, 1.807) is 0 Å². The van der Waals surface area contributed by atoms with Crippen molar-refractivity contribution in [3.8, 4) is 0 Å². The van der Waals surface area contributed by atoms with E-state index in [1.807, 2.05) is 6.92 Å². The largest absolute Gasteiger partial charge is 0.383 e. The van der Waals surface area contributed by atoms with Crippen molar-refractivity contribution in [2.24, 2.45) is 5.41 Å². The number of halogens is 2. The molecule has 0 bridgehead atoms. The highest BCUT2D eigenvalue weighted by Crippen LogP contribution is 2.57. The van der Waals surface area contributed by atoms with Gasteiger partial charge in [0.05, 0.1) is 6.10 Å². The summed E-state index contributed by atoms with van der Waals surface area (Å²) in [6.45, 7) is 2.52. The normalized spacial score (nSPS) is 32.8. The van der Waals surface area contributed by atoms with Crippen LogP contribution in [0.25, 0.3) is 0 Å². The summed E-state index contributed by atoms with van der Waals surface area (Å²) >= 11 is 0. The molecule has 3 saturated carbocycles. The van der Waals surface area contributed by atoms with E-state index in [2.05, 4.69) is 5.32 Å². The van der Waals surface area contributed by atoms with Gasteiger partial charge in [0, 0.05) is 18.1 Å². The maximum Gasteiger partial charge on any atom is 0.352 e. The Bertz CT molecular complexity index is 433. The summed E-state index contributed by atoms with van der Waals surface area (Å²) < 4.78 is 33.8. The van der Waals surface area contributed by atoms with Gasteiger partial charge in [-0.15, -0.1) is 0 Å². The molecule has 2 atom stereocenters. The Morgan fingerprint density at radius 2 is 1.95 bits per heavy atom. The Balaban J connectivity index is 1.63. The van der Waals surface area contributed by atoms with Gasteiger partial charge in [-0.2, -0.15) is 8.78 Å². The van der Waals surface area contributed by atoms with Crippen molar-refractivity contribution < 1.29 is 23.4 Å². The first-order chi connectivity index (χ1) is 9.86. The molecule has 0 radical (unpaired) electrons. The van der Waals surface area contributed by atoms with Crippen LogP contribution in [0, 0.1) is 5.41 Å². The molecule has 120 valence electrons. The van der Waals surface area contributed by atoms with Crippen molar-refractivity contribution in [2.45, 2.75) is 75.5 Å². The molecule has 0 heterocycles. The van der Waals surface area contributed by atoms with Crippen LogP contribution in [0.15, 0.2) is 0 Å². The highest BCUT2D eigenvalue weighted by molar-refractivity contribution is 5.85. The first kappa shape index (κ1) is 15.2. The highest BCUT2D eigenvalue weighted by Gasteiger charge is 2.64. The lowest BCUT2D eigenvalue weighted by atomic mass is 9.51. The van der Waals surface area contributed by atoms with Crippen LogP contribution in [0.3, 0.4) is 0 Å². The van der Waals surface area contributed by atoms with Crippen LogP contribution in [-0.2, 0) is 9.53 Å². The Hall–Kier alpha value is -0.750. The average molecular weight is 303 g/mol. The minimum absolute atomic E-state index is 0.00913. The number of nitrogens with one attached hydrogen (secondary N) is 1. The van der Waals surface area contributed by atoms with E-state index in [-0.39, 0.29) is 30.4 Å². The van der Waals surface area contributed by atoms with Gasteiger partial charge in [0.15, 0.2) is 0 Å². The fourth-order valence-corrected chi connectivity index (χ4v) is 3.93. The molecule has 0 aromatic carbocycles. The quantitative estimate of drug-likeness (QED) is 0.817. The van der Waals surface area contributed by atoms with E-state index in [9.17, 15) is 18.7 Å². The molecule has 0 aliphatic heterocycles. The zero-order valence-corrected chi connectivity index (χ0v) is 12.3. The Morgan fingerprint density at radius 1 is 1.33 bits per heavy atom. The van der Waals surface area contributed by atoms with Crippen LogP contribution in [0.2, 0.25) is 0 Å². The number of carbonyl (C=O) groups excluding carboxylic acids is 1.